The Balaban J connectivity index is 1.39. The minimum atomic E-state index is -4.52. The SMILES string of the molecule is Cc1c(OCCCNCCO)ccc([C@H]2CCCC3CN(C(=O)c4ccc(C(F)(F)F)nc4)CCN32)c1C. The number of amides is 1. The van der Waals surface area contributed by atoms with E-state index in [0.29, 0.717) is 32.8 Å². The normalized spacial score (nSPS) is 20.3. The minimum Gasteiger partial charge on any atom is -0.493 e. The number of benzene rings is 1. The van der Waals surface area contributed by atoms with Crippen LogP contribution < -0.4 is 10.1 Å². The summed E-state index contributed by atoms with van der Waals surface area (Å²) in [5, 5.41) is 12.0. The van der Waals surface area contributed by atoms with E-state index >= 15 is 0 Å². The smallest absolute Gasteiger partial charge is 0.433 e. The summed E-state index contributed by atoms with van der Waals surface area (Å²) in [5.41, 5.74) is 2.84. The van der Waals surface area contributed by atoms with Gasteiger partial charge in [0.2, 0.25) is 0 Å². The van der Waals surface area contributed by atoms with E-state index in [4.69, 9.17) is 9.84 Å². The molecule has 4 rings (SSSR count). The van der Waals surface area contributed by atoms with Gasteiger partial charge < -0.3 is 20.1 Å². The van der Waals surface area contributed by atoms with Gasteiger partial charge in [-0.15, -0.1) is 0 Å². The average Bonchev–Trinajstić information content (AvgIpc) is 2.91. The number of pyridine rings is 1. The molecule has 2 aliphatic heterocycles. The van der Waals surface area contributed by atoms with Crippen LogP contribution in [-0.2, 0) is 6.18 Å². The lowest BCUT2D eigenvalue weighted by Crippen LogP contribution is -2.57. The van der Waals surface area contributed by atoms with Crippen molar-refractivity contribution in [1.82, 2.24) is 20.1 Å². The average molecular weight is 535 g/mol. The van der Waals surface area contributed by atoms with E-state index in [9.17, 15) is 18.0 Å². The summed E-state index contributed by atoms with van der Waals surface area (Å²) >= 11 is 0. The van der Waals surface area contributed by atoms with Crippen molar-refractivity contribution in [3.63, 3.8) is 0 Å². The summed E-state index contributed by atoms with van der Waals surface area (Å²) < 4.78 is 44.5. The highest BCUT2D eigenvalue weighted by molar-refractivity contribution is 5.94. The summed E-state index contributed by atoms with van der Waals surface area (Å²) in [6, 6.07) is 6.77. The summed E-state index contributed by atoms with van der Waals surface area (Å²) in [4.78, 5) is 20.7. The van der Waals surface area contributed by atoms with Crippen molar-refractivity contribution in [2.75, 3.05) is 45.9 Å². The number of alkyl halides is 3. The number of halogens is 3. The molecule has 10 heteroatoms. The molecule has 0 radical (unpaired) electrons. The Labute approximate surface area is 222 Å². The number of ether oxygens (including phenoxy) is 1. The first-order chi connectivity index (χ1) is 18.2. The number of carbonyl (C=O) groups excluding carboxylic acids is 1. The zero-order valence-corrected chi connectivity index (χ0v) is 22.1. The maximum absolute atomic E-state index is 13.0. The fourth-order valence-corrected chi connectivity index (χ4v) is 5.56. The number of aliphatic hydroxyl groups excluding tert-OH is 1. The molecule has 2 N–H and O–H groups in total. The van der Waals surface area contributed by atoms with E-state index in [0.717, 1.165) is 55.8 Å². The van der Waals surface area contributed by atoms with Gasteiger partial charge in [-0.1, -0.05) is 6.07 Å². The monoisotopic (exact) mass is 534 g/mol. The van der Waals surface area contributed by atoms with Crippen LogP contribution in [0.3, 0.4) is 0 Å². The largest absolute Gasteiger partial charge is 0.493 e. The van der Waals surface area contributed by atoms with Crippen LogP contribution >= 0.6 is 0 Å². The Morgan fingerprint density at radius 2 is 1.95 bits per heavy atom. The van der Waals surface area contributed by atoms with Gasteiger partial charge in [0.25, 0.3) is 5.91 Å². The molecule has 0 saturated carbocycles. The fraction of sp³-hybridized carbons (Fsp3) is 0.571. The number of aromatic nitrogens is 1. The van der Waals surface area contributed by atoms with Crippen molar-refractivity contribution in [2.24, 2.45) is 0 Å². The van der Waals surface area contributed by atoms with Crippen molar-refractivity contribution in [1.29, 1.82) is 0 Å². The van der Waals surface area contributed by atoms with Gasteiger partial charge >= 0.3 is 6.18 Å². The Morgan fingerprint density at radius 3 is 2.66 bits per heavy atom. The van der Waals surface area contributed by atoms with E-state index in [1.165, 1.54) is 17.2 Å². The maximum atomic E-state index is 13.0. The molecule has 2 fully saturated rings. The number of nitrogens with one attached hydrogen (secondary N) is 1. The molecule has 1 aromatic carbocycles. The molecular formula is C28H37F3N4O3. The third-order valence-corrected chi connectivity index (χ3v) is 7.71. The second kappa shape index (κ2) is 12.4. The summed E-state index contributed by atoms with van der Waals surface area (Å²) in [6.07, 6.45) is 0.439. The zero-order valence-electron chi connectivity index (χ0n) is 22.1. The van der Waals surface area contributed by atoms with Crippen LogP contribution in [0, 0.1) is 13.8 Å². The molecule has 2 aromatic rings. The Hall–Kier alpha value is -2.69. The fourth-order valence-electron chi connectivity index (χ4n) is 5.56. The zero-order chi connectivity index (χ0) is 27.3. The summed E-state index contributed by atoms with van der Waals surface area (Å²) in [6.45, 7) is 8.14. The molecule has 208 valence electrons. The molecule has 38 heavy (non-hydrogen) atoms. The van der Waals surface area contributed by atoms with Crippen LogP contribution in [0.1, 0.15) is 64.5 Å². The molecular weight excluding hydrogens is 497 g/mol. The standard InChI is InChI=1S/C28H37F3N4O3/c1-19-20(2)25(38-16-4-11-32-12-15-36)9-8-23(19)24-6-3-5-22-18-34(13-14-35(22)24)27(37)21-7-10-26(33-17-21)28(29,30)31/h7-10,17,22,24,32,36H,3-6,11-16,18H2,1-2H3/t22?,24-/m1/s1. The van der Waals surface area contributed by atoms with Crippen LogP contribution in [0.15, 0.2) is 30.5 Å². The quantitative estimate of drug-likeness (QED) is 0.472. The minimum absolute atomic E-state index is 0.130. The first-order valence-electron chi connectivity index (χ1n) is 13.3. The molecule has 1 aromatic heterocycles. The Kier molecular flexibility index (Phi) is 9.27. The van der Waals surface area contributed by atoms with Gasteiger partial charge in [-0.3, -0.25) is 14.7 Å². The first kappa shape index (κ1) is 28.3. The molecule has 0 aliphatic carbocycles. The van der Waals surface area contributed by atoms with Crippen LogP contribution in [0.5, 0.6) is 5.75 Å². The van der Waals surface area contributed by atoms with Gasteiger partial charge in [-0.25, -0.2) is 0 Å². The third kappa shape index (κ3) is 6.47. The molecule has 0 spiro atoms. The number of piperazine rings is 1. The molecule has 2 aliphatic rings. The maximum Gasteiger partial charge on any atom is 0.433 e. The lowest BCUT2D eigenvalue weighted by atomic mass is 9.86. The van der Waals surface area contributed by atoms with Crippen molar-refractivity contribution in [3.05, 3.63) is 58.4 Å². The second-order valence-corrected chi connectivity index (χ2v) is 10.1. The van der Waals surface area contributed by atoms with E-state index in [1.807, 2.05) is 0 Å². The summed E-state index contributed by atoms with van der Waals surface area (Å²) in [7, 11) is 0. The van der Waals surface area contributed by atoms with Crippen LogP contribution in [0.4, 0.5) is 13.2 Å². The predicted octanol–water partition coefficient (Wildman–Crippen LogP) is 4.12. The molecule has 1 amide bonds. The Morgan fingerprint density at radius 1 is 1.13 bits per heavy atom. The topological polar surface area (TPSA) is 77.9 Å². The van der Waals surface area contributed by atoms with Gasteiger partial charge in [-0.2, -0.15) is 13.2 Å². The highest BCUT2D eigenvalue weighted by Crippen LogP contribution is 2.39. The number of aliphatic hydroxyl groups is 1. The molecule has 0 bridgehead atoms. The third-order valence-electron chi connectivity index (χ3n) is 7.71. The predicted molar refractivity (Wildman–Crippen MR) is 138 cm³/mol. The summed E-state index contributed by atoms with van der Waals surface area (Å²) in [5.74, 6) is 0.620. The van der Waals surface area contributed by atoms with Crippen molar-refractivity contribution >= 4 is 5.91 Å². The van der Waals surface area contributed by atoms with Gasteiger partial charge in [0.15, 0.2) is 0 Å². The van der Waals surface area contributed by atoms with Crippen LogP contribution in [0.2, 0.25) is 0 Å². The van der Waals surface area contributed by atoms with E-state index < -0.39 is 11.9 Å². The molecule has 2 atom stereocenters. The van der Waals surface area contributed by atoms with Crippen molar-refractivity contribution < 1.29 is 27.8 Å². The molecule has 3 heterocycles. The van der Waals surface area contributed by atoms with Crippen LogP contribution in [-0.4, -0.2) is 77.8 Å². The highest BCUT2D eigenvalue weighted by Gasteiger charge is 2.38. The van der Waals surface area contributed by atoms with Gasteiger partial charge in [-0.05, 0) is 81.0 Å². The lowest BCUT2D eigenvalue weighted by Gasteiger charge is -2.48. The first-order valence-corrected chi connectivity index (χ1v) is 13.3. The number of nitrogens with zero attached hydrogens (tertiary/aromatic N) is 3. The van der Waals surface area contributed by atoms with Crippen LogP contribution in [0.25, 0.3) is 0 Å². The highest BCUT2D eigenvalue weighted by atomic mass is 19.4. The van der Waals surface area contributed by atoms with Gasteiger partial charge in [0.1, 0.15) is 11.4 Å². The number of hydrogen-bond donors (Lipinski definition) is 2. The number of rotatable bonds is 9. The molecule has 1 unspecified atom stereocenters. The Bertz CT molecular complexity index is 1090. The van der Waals surface area contributed by atoms with E-state index in [2.05, 4.69) is 41.2 Å². The van der Waals surface area contributed by atoms with E-state index in [-0.39, 0.29) is 30.2 Å². The van der Waals surface area contributed by atoms with Crippen molar-refractivity contribution in [2.45, 2.75) is 57.8 Å². The number of fused-ring (bicyclic) bond motifs is 1. The van der Waals surface area contributed by atoms with Gasteiger partial charge in [0.05, 0.1) is 18.8 Å². The van der Waals surface area contributed by atoms with Crippen molar-refractivity contribution in [3.8, 4) is 5.75 Å². The second-order valence-electron chi connectivity index (χ2n) is 10.1. The lowest BCUT2D eigenvalue weighted by molar-refractivity contribution is -0.141. The molecule has 7 nitrogen and oxygen atoms in total. The van der Waals surface area contributed by atoms with Gasteiger partial charge in [0, 0.05) is 44.5 Å². The number of piperidine rings is 1. The number of hydrogen-bond acceptors (Lipinski definition) is 6. The van der Waals surface area contributed by atoms with E-state index in [1.54, 1.807) is 4.90 Å². The molecule has 2 saturated heterocycles. The number of carbonyl (C=O) groups is 1.